The molecular formula is C21H20N4O2. The van der Waals surface area contributed by atoms with E-state index in [4.69, 9.17) is 15.0 Å². The normalized spacial score (nSPS) is 18.6. The molecule has 1 aromatic carbocycles. The first kappa shape index (κ1) is 17.2. The quantitative estimate of drug-likeness (QED) is 0.729. The van der Waals surface area contributed by atoms with E-state index in [2.05, 4.69) is 15.1 Å². The van der Waals surface area contributed by atoms with Crippen molar-refractivity contribution in [3.05, 3.63) is 89.5 Å². The highest BCUT2D eigenvalue weighted by atomic mass is 16.5. The first-order valence-corrected chi connectivity index (χ1v) is 8.80. The molecular weight excluding hydrogens is 340 g/mol. The molecule has 6 nitrogen and oxygen atoms in total. The van der Waals surface area contributed by atoms with E-state index >= 15 is 0 Å². The zero-order valence-corrected chi connectivity index (χ0v) is 14.7. The van der Waals surface area contributed by atoms with Crippen molar-refractivity contribution in [3.63, 3.8) is 0 Å². The standard InChI is InChI=1S/C21H20N4O2/c22-21-18(7-4-10-23-21)19-12-17(25-27-19)11-16-8-9-20(24-13-16)26-14-15-5-2-1-3-6-15/h1-10,12-13,18,21H,11,14,22H2. The van der Waals surface area contributed by atoms with Crippen LogP contribution in [0.25, 0.3) is 0 Å². The van der Waals surface area contributed by atoms with Crippen LogP contribution in [0.15, 0.2) is 76.4 Å². The van der Waals surface area contributed by atoms with Gasteiger partial charge in [-0.1, -0.05) is 47.6 Å². The van der Waals surface area contributed by atoms with E-state index in [-0.39, 0.29) is 12.1 Å². The van der Waals surface area contributed by atoms with Crippen LogP contribution in [0.5, 0.6) is 5.88 Å². The highest BCUT2D eigenvalue weighted by Crippen LogP contribution is 2.24. The van der Waals surface area contributed by atoms with Crippen molar-refractivity contribution < 1.29 is 9.26 Å². The fraction of sp³-hybridized carbons (Fsp3) is 0.190. The Kier molecular flexibility index (Phi) is 5.07. The molecule has 0 fully saturated rings. The third-order valence-corrected chi connectivity index (χ3v) is 4.35. The molecule has 3 heterocycles. The van der Waals surface area contributed by atoms with E-state index in [1.807, 2.05) is 60.7 Å². The summed E-state index contributed by atoms with van der Waals surface area (Å²) in [5.74, 6) is 1.24. The highest BCUT2D eigenvalue weighted by Gasteiger charge is 2.22. The molecule has 2 atom stereocenters. The summed E-state index contributed by atoms with van der Waals surface area (Å²) >= 11 is 0. The third-order valence-electron chi connectivity index (χ3n) is 4.35. The maximum Gasteiger partial charge on any atom is 0.213 e. The summed E-state index contributed by atoms with van der Waals surface area (Å²) in [5.41, 5.74) is 8.97. The molecule has 1 aliphatic heterocycles. The Morgan fingerprint density at radius 3 is 2.74 bits per heavy atom. The van der Waals surface area contributed by atoms with Crippen LogP contribution in [-0.2, 0) is 13.0 Å². The fourth-order valence-electron chi connectivity index (χ4n) is 2.90. The smallest absolute Gasteiger partial charge is 0.213 e. The molecule has 0 saturated carbocycles. The van der Waals surface area contributed by atoms with Crippen molar-refractivity contribution in [2.24, 2.45) is 10.7 Å². The predicted molar refractivity (Wildman–Crippen MR) is 103 cm³/mol. The minimum atomic E-state index is -0.335. The Bertz CT molecular complexity index is 932. The number of aromatic nitrogens is 2. The topological polar surface area (TPSA) is 86.5 Å². The average molecular weight is 360 g/mol. The lowest BCUT2D eigenvalue weighted by atomic mass is 10.0. The molecule has 0 saturated heterocycles. The molecule has 2 N–H and O–H groups in total. The van der Waals surface area contributed by atoms with Gasteiger partial charge in [-0.15, -0.1) is 0 Å². The average Bonchev–Trinajstić information content (AvgIpc) is 3.17. The second-order valence-corrected chi connectivity index (χ2v) is 6.38. The van der Waals surface area contributed by atoms with E-state index in [9.17, 15) is 0 Å². The first-order valence-electron chi connectivity index (χ1n) is 8.80. The van der Waals surface area contributed by atoms with Gasteiger partial charge in [0.2, 0.25) is 5.88 Å². The number of dihydropyridines is 1. The number of aliphatic imine (C=N–C) groups is 1. The van der Waals surface area contributed by atoms with E-state index in [1.165, 1.54) is 0 Å². The summed E-state index contributed by atoms with van der Waals surface area (Å²) in [4.78, 5) is 8.55. The molecule has 0 aliphatic carbocycles. The SMILES string of the molecule is NC1N=CC=CC1c1cc(Cc2ccc(OCc3ccccc3)nc2)no1. The van der Waals surface area contributed by atoms with Crippen molar-refractivity contribution in [2.75, 3.05) is 0 Å². The van der Waals surface area contributed by atoms with Gasteiger partial charge in [0, 0.05) is 31.0 Å². The Balaban J connectivity index is 1.36. The molecule has 6 heteroatoms. The van der Waals surface area contributed by atoms with Gasteiger partial charge in [0.15, 0.2) is 0 Å². The summed E-state index contributed by atoms with van der Waals surface area (Å²) in [6, 6.07) is 15.8. The molecule has 2 aromatic heterocycles. The first-order chi connectivity index (χ1) is 13.3. The molecule has 136 valence electrons. The number of ether oxygens (including phenoxy) is 1. The van der Waals surface area contributed by atoms with Gasteiger partial charge in [0.25, 0.3) is 0 Å². The molecule has 0 amide bonds. The number of rotatable bonds is 6. The van der Waals surface area contributed by atoms with Crippen LogP contribution in [-0.4, -0.2) is 22.5 Å². The summed E-state index contributed by atoms with van der Waals surface area (Å²) in [5, 5.41) is 4.14. The Hall–Kier alpha value is -3.25. The minimum absolute atomic E-state index is 0.0804. The number of allylic oxidation sites excluding steroid dienone is 1. The van der Waals surface area contributed by atoms with Crippen LogP contribution in [0, 0.1) is 0 Å². The van der Waals surface area contributed by atoms with Gasteiger partial charge < -0.3 is 15.0 Å². The van der Waals surface area contributed by atoms with Crippen LogP contribution in [0.2, 0.25) is 0 Å². The minimum Gasteiger partial charge on any atom is -0.473 e. The van der Waals surface area contributed by atoms with Crippen molar-refractivity contribution >= 4 is 6.21 Å². The Labute approximate surface area is 157 Å². The molecule has 0 bridgehead atoms. The van der Waals surface area contributed by atoms with Gasteiger partial charge in [0.1, 0.15) is 18.5 Å². The summed E-state index contributed by atoms with van der Waals surface area (Å²) in [6.45, 7) is 0.497. The van der Waals surface area contributed by atoms with Gasteiger partial charge in [-0.3, -0.25) is 4.99 Å². The lowest BCUT2D eigenvalue weighted by molar-refractivity contribution is 0.294. The van der Waals surface area contributed by atoms with Gasteiger partial charge in [-0.25, -0.2) is 4.98 Å². The number of nitrogens with zero attached hydrogens (tertiary/aromatic N) is 3. The summed E-state index contributed by atoms with van der Waals surface area (Å²) in [7, 11) is 0. The van der Waals surface area contributed by atoms with E-state index in [1.54, 1.807) is 12.4 Å². The number of benzene rings is 1. The van der Waals surface area contributed by atoms with Gasteiger partial charge in [-0.2, -0.15) is 0 Å². The van der Waals surface area contributed by atoms with Crippen LogP contribution < -0.4 is 10.5 Å². The van der Waals surface area contributed by atoms with Crippen molar-refractivity contribution in [1.82, 2.24) is 10.1 Å². The molecule has 27 heavy (non-hydrogen) atoms. The Morgan fingerprint density at radius 1 is 1.07 bits per heavy atom. The number of hydrogen-bond acceptors (Lipinski definition) is 6. The monoisotopic (exact) mass is 360 g/mol. The maximum atomic E-state index is 6.00. The fourth-order valence-corrected chi connectivity index (χ4v) is 2.90. The van der Waals surface area contributed by atoms with Gasteiger partial charge in [0.05, 0.1) is 11.6 Å². The lowest BCUT2D eigenvalue weighted by Crippen LogP contribution is -2.26. The number of pyridine rings is 1. The predicted octanol–water partition coefficient (Wildman–Crippen LogP) is 3.25. The van der Waals surface area contributed by atoms with Crippen LogP contribution in [0.4, 0.5) is 0 Å². The van der Waals surface area contributed by atoms with Gasteiger partial charge >= 0.3 is 0 Å². The highest BCUT2D eigenvalue weighted by molar-refractivity contribution is 5.72. The van der Waals surface area contributed by atoms with Gasteiger partial charge in [-0.05, 0) is 17.2 Å². The van der Waals surface area contributed by atoms with Crippen LogP contribution in [0.1, 0.15) is 28.5 Å². The van der Waals surface area contributed by atoms with Crippen LogP contribution >= 0.6 is 0 Å². The molecule has 4 rings (SSSR count). The molecule has 0 spiro atoms. The zero-order valence-electron chi connectivity index (χ0n) is 14.7. The largest absolute Gasteiger partial charge is 0.473 e. The Morgan fingerprint density at radius 2 is 1.96 bits per heavy atom. The summed E-state index contributed by atoms with van der Waals surface area (Å²) in [6.07, 6.45) is 7.64. The van der Waals surface area contributed by atoms with E-state index in [0.717, 1.165) is 22.6 Å². The second-order valence-electron chi connectivity index (χ2n) is 6.38. The molecule has 2 unspecified atom stereocenters. The van der Waals surface area contributed by atoms with E-state index < -0.39 is 0 Å². The maximum absolute atomic E-state index is 6.00. The van der Waals surface area contributed by atoms with Crippen LogP contribution in [0.3, 0.4) is 0 Å². The molecule has 0 radical (unpaired) electrons. The molecule has 1 aliphatic rings. The third kappa shape index (κ3) is 4.30. The van der Waals surface area contributed by atoms with Crippen molar-refractivity contribution in [1.29, 1.82) is 0 Å². The van der Waals surface area contributed by atoms with E-state index in [0.29, 0.717) is 18.9 Å². The second kappa shape index (κ2) is 7.97. The molecule has 3 aromatic rings. The lowest BCUT2D eigenvalue weighted by Gasteiger charge is -2.15. The van der Waals surface area contributed by atoms with Crippen molar-refractivity contribution in [2.45, 2.75) is 25.1 Å². The zero-order chi connectivity index (χ0) is 18.5. The number of hydrogen-bond donors (Lipinski definition) is 1. The number of nitrogens with two attached hydrogens (primary N) is 1. The summed E-state index contributed by atoms with van der Waals surface area (Å²) < 4.78 is 11.2. The van der Waals surface area contributed by atoms with Crippen molar-refractivity contribution in [3.8, 4) is 5.88 Å².